The summed E-state index contributed by atoms with van der Waals surface area (Å²) in [4.78, 5) is 23.5. The van der Waals surface area contributed by atoms with Gasteiger partial charge in [-0.15, -0.1) is 0 Å². The number of benzene rings is 1. The lowest BCUT2D eigenvalue weighted by Gasteiger charge is -2.26. The topological polar surface area (TPSA) is 66.4 Å². The van der Waals surface area contributed by atoms with Gasteiger partial charge in [0.2, 0.25) is 0 Å². The van der Waals surface area contributed by atoms with Gasteiger partial charge in [0.05, 0.1) is 5.41 Å². The van der Waals surface area contributed by atoms with E-state index >= 15 is 0 Å². The number of aliphatic carboxylic acids is 1. The highest BCUT2D eigenvalue weighted by molar-refractivity contribution is 5.95. The quantitative estimate of drug-likeness (QED) is 0.840. The van der Waals surface area contributed by atoms with Crippen LogP contribution in [0.5, 0.6) is 0 Å². The minimum Gasteiger partial charge on any atom is -0.481 e. The molecule has 2 N–H and O–H groups in total. The van der Waals surface area contributed by atoms with Crippen LogP contribution in [0.2, 0.25) is 0 Å². The van der Waals surface area contributed by atoms with E-state index in [0.717, 1.165) is 11.1 Å². The minimum atomic E-state index is -0.880. The fourth-order valence-electron chi connectivity index (χ4n) is 2.34. The first-order valence-corrected chi connectivity index (χ1v) is 6.94. The fraction of sp³-hybridized carbons (Fsp3) is 0.500. The van der Waals surface area contributed by atoms with Crippen LogP contribution in [0.3, 0.4) is 0 Å². The number of nitrogens with one attached hydrogen (secondary N) is 1. The summed E-state index contributed by atoms with van der Waals surface area (Å²) in [5.74, 6) is -1.08. The summed E-state index contributed by atoms with van der Waals surface area (Å²) < 4.78 is 0. The van der Waals surface area contributed by atoms with Crippen LogP contribution in [-0.2, 0) is 4.79 Å². The Bertz CT molecular complexity index is 484. The lowest BCUT2D eigenvalue weighted by atomic mass is 9.82. The van der Waals surface area contributed by atoms with Crippen LogP contribution < -0.4 is 5.32 Å². The lowest BCUT2D eigenvalue weighted by molar-refractivity contribution is -0.149. The molecule has 0 heterocycles. The van der Waals surface area contributed by atoms with Gasteiger partial charge in [-0.3, -0.25) is 9.59 Å². The number of aryl methyl sites for hydroxylation is 2. The molecule has 1 aromatic rings. The van der Waals surface area contributed by atoms with Crippen molar-refractivity contribution in [1.29, 1.82) is 0 Å². The molecular formula is C16H23NO3. The summed E-state index contributed by atoms with van der Waals surface area (Å²) in [5.41, 5.74) is 1.74. The smallest absolute Gasteiger partial charge is 0.311 e. The van der Waals surface area contributed by atoms with Crippen molar-refractivity contribution in [2.45, 2.75) is 40.5 Å². The first-order valence-electron chi connectivity index (χ1n) is 6.94. The summed E-state index contributed by atoms with van der Waals surface area (Å²) in [5, 5.41) is 12.1. The van der Waals surface area contributed by atoms with Crippen LogP contribution >= 0.6 is 0 Å². The van der Waals surface area contributed by atoms with Crippen molar-refractivity contribution >= 4 is 11.9 Å². The highest BCUT2D eigenvalue weighted by Gasteiger charge is 2.35. The normalized spacial score (nSPS) is 11.2. The van der Waals surface area contributed by atoms with Crippen molar-refractivity contribution in [3.63, 3.8) is 0 Å². The van der Waals surface area contributed by atoms with Gasteiger partial charge in [0.1, 0.15) is 0 Å². The minimum absolute atomic E-state index is 0.154. The number of carbonyl (C=O) groups is 2. The van der Waals surface area contributed by atoms with Crippen LogP contribution in [0.25, 0.3) is 0 Å². The Morgan fingerprint density at radius 3 is 2.00 bits per heavy atom. The Labute approximate surface area is 120 Å². The number of carboxylic acids is 1. The Kier molecular flexibility index (Phi) is 5.31. The Hall–Kier alpha value is -1.84. The van der Waals surface area contributed by atoms with Gasteiger partial charge in [-0.1, -0.05) is 31.0 Å². The van der Waals surface area contributed by atoms with Gasteiger partial charge in [0.15, 0.2) is 0 Å². The molecule has 110 valence electrons. The van der Waals surface area contributed by atoms with Crippen LogP contribution in [-0.4, -0.2) is 23.5 Å². The van der Waals surface area contributed by atoms with E-state index in [4.69, 9.17) is 0 Å². The predicted molar refractivity (Wildman–Crippen MR) is 78.9 cm³/mol. The molecule has 1 amide bonds. The van der Waals surface area contributed by atoms with Crippen molar-refractivity contribution in [3.05, 3.63) is 34.9 Å². The Morgan fingerprint density at radius 2 is 1.60 bits per heavy atom. The molecule has 0 atom stereocenters. The summed E-state index contributed by atoms with van der Waals surface area (Å²) in [7, 11) is 0. The maximum Gasteiger partial charge on any atom is 0.311 e. The molecule has 1 aromatic carbocycles. The van der Waals surface area contributed by atoms with Crippen molar-refractivity contribution in [1.82, 2.24) is 5.32 Å². The molecular weight excluding hydrogens is 254 g/mol. The van der Waals surface area contributed by atoms with E-state index in [1.165, 1.54) is 0 Å². The Morgan fingerprint density at radius 1 is 1.10 bits per heavy atom. The number of rotatable bonds is 6. The highest BCUT2D eigenvalue weighted by atomic mass is 16.4. The molecule has 1 rings (SSSR count). The average molecular weight is 277 g/mol. The fourth-order valence-corrected chi connectivity index (χ4v) is 2.34. The monoisotopic (exact) mass is 277 g/mol. The van der Waals surface area contributed by atoms with E-state index in [1.54, 1.807) is 0 Å². The van der Waals surface area contributed by atoms with Gasteiger partial charge in [0, 0.05) is 12.1 Å². The molecule has 0 aliphatic heterocycles. The highest BCUT2D eigenvalue weighted by Crippen LogP contribution is 2.25. The lowest BCUT2D eigenvalue weighted by Crippen LogP contribution is -2.42. The zero-order valence-corrected chi connectivity index (χ0v) is 12.6. The SMILES string of the molecule is CCC(CC)(CNC(=O)c1cc(C)cc(C)c1)C(=O)O. The van der Waals surface area contributed by atoms with Gasteiger partial charge >= 0.3 is 5.97 Å². The van der Waals surface area contributed by atoms with Crippen molar-refractivity contribution in [3.8, 4) is 0 Å². The summed E-state index contributed by atoms with van der Waals surface area (Å²) >= 11 is 0. The van der Waals surface area contributed by atoms with Gasteiger partial charge < -0.3 is 10.4 Å². The molecule has 0 saturated heterocycles. The van der Waals surface area contributed by atoms with Gasteiger partial charge in [-0.25, -0.2) is 0 Å². The standard InChI is InChI=1S/C16H23NO3/c1-5-16(6-2,15(19)20)10-17-14(18)13-8-11(3)7-12(4)9-13/h7-9H,5-6,10H2,1-4H3,(H,17,18)(H,19,20). The van der Waals surface area contributed by atoms with E-state index in [9.17, 15) is 14.7 Å². The molecule has 0 aromatic heterocycles. The number of hydrogen-bond donors (Lipinski definition) is 2. The molecule has 20 heavy (non-hydrogen) atoms. The van der Waals surface area contributed by atoms with Crippen molar-refractivity contribution < 1.29 is 14.7 Å². The molecule has 0 spiro atoms. The largest absolute Gasteiger partial charge is 0.481 e. The summed E-state index contributed by atoms with van der Waals surface area (Å²) in [6.45, 7) is 7.69. The van der Waals surface area contributed by atoms with Gasteiger partial charge in [0.25, 0.3) is 5.91 Å². The maximum atomic E-state index is 12.1. The van der Waals surface area contributed by atoms with Gasteiger partial charge in [-0.2, -0.15) is 0 Å². The van der Waals surface area contributed by atoms with Crippen molar-refractivity contribution in [2.24, 2.45) is 5.41 Å². The second kappa shape index (κ2) is 6.55. The summed E-state index contributed by atoms with van der Waals surface area (Å²) in [6, 6.07) is 5.61. The zero-order valence-electron chi connectivity index (χ0n) is 12.6. The number of hydrogen-bond acceptors (Lipinski definition) is 2. The van der Waals surface area contributed by atoms with Crippen LogP contribution in [0.1, 0.15) is 48.2 Å². The third kappa shape index (κ3) is 3.59. The van der Waals surface area contributed by atoms with Gasteiger partial charge in [-0.05, 0) is 38.8 Å². The molecule has 4 heteroatoms. The average Bonchev–Trinajstić information content (AvgIpc) is 2.38. The predicted octanol–water partition coefficient (Wildman–Crippen LogP) is 2.92. The van der Waals surface area contributed by atoms with E-state index < -0.39 is 11.4 Å². The summed E-state index contributed by atoms with van der Waals surface area (Å²) in [6.07, 6.45) is 0.984. The second-order valence-electron chi connectivity index (χ2n) is 5.35. The molecule has 0 unspecified atom stereocenters. The molecule has 0 bridgehead atoms. The van der Waals surface area contributed by atoms with Crippen LogP contribution in [0, 0.1) is 19.3 Å². The molecule has 0 fully saturated rings. The zero-order chi connectivity index (χ0) is 15.3. The van der Waals surface area contributed by atoms with Crippen molar-refractivity contribution in [2.75, 3.05) is 6.54 Å². The number of carboxylic acid groups (broad SMARTS) is 1. The maximum absolute atomic E-state index is 12.1. The third-order valence-electron chi connectivity index (χ3n) is 3.88. The first kappa shape index (κ1) is 16.2. The Balaban J connectivity index is 2.83. The molecule has 0 saturated carbocycles. The number of carbonyl (C=O) groups excluding carboxylic acids is 1. The van der Waals surface area contributed by atoms with Crippen LogP contribution in [0.4, 0.5) is 0 Å². The molecule has 0 aliphatic rings. The number of amides is 1. The van der Waals surface area contributed by atoms with E-state index in [2.05, 4.69) is 5.32 Å². The van der Waals surface area contributed by atoms with E-state index in [0.29, 0.717) is 18.4 Å². The van der Waals surface area contributed by atoms with E-state index in [-0.39, 0.29) is 12.5 Å². The molecule has 0 radical (unpaired) electrons. The second-order valence-corrected chi connectivity index (χ2v) is 5.35. The first-order chi connectivity index (χ1) is 9.34. The third-order valence-corrected chi connectivity index (χ3v) is 3.88. The molecule has 0 aliphatic carbocycles. The van der Waals surface area contributed by atoms with E-state index in [1.807, 2.05) is 45.9 Å². The molecule has 4 nitrogen and oxygen atoms in total. The van der Waals surface area contributed by atoms with Crippen LogP contribution in [0.15, 0.2) is 18.2 Å².